The van der Waals surface area contributed by atoms with E-state index in [-0.39, 0.29) is 191 Å². The first-order valence-corrected chi connectivity index (χ1v) is 34.2. The van der Waals surface area contributed by atoms with Gasteiger partial charge in [-0.05, 0) is 142 Å². The second-order valence-electron chi connectivity index (χ2n) is 24.2. The molecule has 0 rings (SSSR count). The zero-order valence-electron chi connectivity index (χ0n) is 59.6. The van der Waals surface area contributed by atoms with Crippen molar-refractivity contribution in [2.24, 2.45) is 122 Å². The number of carboxylic acids is 1. The maximum absolute atomic E-state index is 14.8. The monoisotopic (exact) mass is 1500 g/mol. The topological polar surface area (TPSA) is 856 Å². The third-order valence-corrected chi connectivity index (χ3v) is 15.2. The Kier molecular flexibility index (Phi) is 48.3. The van der Waals surface area contributed by atoms with Gasteiger partial charge in [-0.15, -0.1) is 0 Å². The van der Waals surface area contributed by atoms with E-state index >= 15 is 0 Å². The van der Waals surface area contributed by atoms with E-state index in [4.69, 9.17) is 91.7 Å². The van der Waals surface area contributed by atoms with E-state index < -0.39 is 157 Å². The predicted octanol–water partition coefficient (Wildman–Crippen LogP) is -12.9. The smallest absolute Gasteiger partial charge is 0.326 e. The summed E-state index contributed by atoms with van der Waals surface area (Å²) in [5.41, 5.74) is 89.0. The summed E-state index contributed by atoms with van der Waals surface area (Å²) >= 11 is 0. The molecule has 0 aliphatic heterocycles. The van der Waals surface area contributed by atoms with Gasteiger partial charge in [0, 0.05) is 45.7 Å². The molecule has 46 nitrogen and oxygen atoms in total. The van der Waals surface area contributed by atoms with Crippen molar-refractivity contribution >= 4 is 107 Å². The standard InChI is InChI=1S/C59H116N32O14/c1-31(92)43(63)52(103)82-30-42(94)83-32(14-6-24-76-54(64)65)44(95)84-33(12-2-4-22-60)45(96)85-34(13-3-5-23-61)46(97)86-35(15-7-25-77-55(66)67)47(98)87-37(17-9-27-79-57(70)71)49(100)90-39(20-21-41(62)93)51(102)89-36(16-8-26-78-56(68)69)48(99)88-38(18-10-28-80-58(72)73)50(101)91-40(53(104)105)19-11-29-81-59(74)75/h31-40,43,92H,2-30,60-61,63H2,1H3,(H2,62,93)(H,82,103)(H,83,94)(H,84,95)(H,85,96)(H,86,97)(H,87,98)(H,88,99)(H,89,102)(H,90,100)(H,91,101)(H,104,105)(H4,64,65,76)(H4,66,67,77)(H4,68,69,78)(H4,70,71,79)(H4,72,73,80)(H4,74,75,81)/t31-,32+,33+,34+,35+,36+,37+,38+,39+,40+,43+/m1/s1. The molecule has 0 aliphatic carbocycles. The molecule has 11 atom stereocenters. The van der Waals surface area contributed by atoms with Crippen LogP contribution < -0.4 is 145 Å². The fourth-order valence-corrected chi connectivity index (χ4v) is 9.63. The van der Waals surface area contributed by atoms with Gasteiger partial charge in [-0.25, -0.2) is 4.79 Å². The van der Waals surface area contributed by atoms with Gasteiger partial charge in [0.1, 0.15) is 60.4 Å². The number of guanidine groups is 6. The average Bonchev–Trinajstić information content (AvgIpc) is 0.863. The van der Waals surface area contributed by atoms with Crippen LogP contribution in [0.3, 0.4) is 0 Å². The van der Waals surface area contributed by atoms with Gasteiger partial charge in [0.05, 0.1) is 12.6 Å². The van der Waals surface area contributed by atoms with Crippen LogP contribution in [0.1, 0.15) is 135 Å². The number of nitrogens with two attached hydrogens (primary N) is 16. The van der Waals surface area contributed by atoms with Crippen LogP contribution in [-0.4, -0.2) is 242 Å². The lowest BCUT2D eigenvalue weighted by Crippen LogP contribution is -2.60. The molecule has 0 saturated heterocycles. The van der Waals surface area contributed by atoms with E-state index in [1.165, 1.54) is 6.92 Å². The summed E-state index contributed by atoms with van der Waals surface area (Å²) in [6.07, 6.45) is -2.17. The lowest BCUT2D eigenvalue weighted by atomic mass is 10.0. The minimum atomic E-state index is -1.73. The molecule has 46 heteroatoms. The highest BCUT2D eigenvalue weighted by molar-refractivity contribution is 5.99. The number of hydrogen-bond acceptors (Lipinski definition) is 22. The lowest BCUT2D eigenvalue weighted by Gasteiger charge is -2.28. The maximum Gasteiger partial charge on any atom is 0.326 e. The van der Waals surface area contributed by atoms with Crippen LogP contribution in [0.15, 0.2) is 30.0 Å². The van der Waals surface area contributed by atoms with Crippen LogP contribution >= 0.6 is 0 Å². The highest BCUT2D eigenvalue weighted by atomic mass is 16.4. The van der Waals surface area contributed by atoms with E-state index in [1.54, 1.807) is 0 Å². The number of hydrogen-bond donors (Lipinski definition) is 28. The van der Waals surface area contributed by atoms with E-state index in [9.17, 15) is 67.7 Å². The second-order valence-corrected chi connectivity index (χ2v) is 24.2. The van der Waals surface area contributed by atoms with E-state index in [2.05, 4.69) is 83.1 Å². The highest BCUT2D eigenvalue weighted by Gasteiger charge is 2.36. The summed E-state index contributed by atoms with van der Waals surface area (Å²) in [5, 5.41) is 45.0. The van der Waals surface area contributed by atoms with Crippen molar-refractivity contribution in [3.63, 3.8) is 0 Å². The molecule has 0 saturated carbocycles. The summed E-state index contributed by atoms with van der Waals surface area (Å²) < 4.78 is 0. The van der Waals surface area contributed by atoms with Gasteiger partial charge in [0.15, 0.2) is 35.8 Å². The van der Waals surface area contributed by atoms with Gasteiger partial charge >= 0.3 is 5.97 Å². The van der Waals surface area contributed by atoms with Crippen molar-refractivity contribution in [3.8, 4) is 0 Å². The van der Waals surface area contributed by atoms with Crippen molar-refractivity contribution < 1.29 is 67.7 Å². The van der Waals surface area contributed by atoms with Crippen LogP contribution in [-0.2, 0) is 57.5 Å². The fourth-order valence-electron chi connectivity index (χ4n) is 9.63. The van der Waals surface area contributed by atoms with E-state index in [0.29, 0.717) is 12.8 Å². The number of aliphatic carboxylic acids is 1. The molecule has 44 N–H and O–H groups in total. The quantitative estimate of drug-likeness (QED) is 0.0153. The maximum atomic E-state index is 14.8. The van der Waals surface area contributed by atoms with Crippen LogP contribution in [0.4, 0.5) is 0 Å². The molecule has 0 aromatic rings. The fraction of sp³-hybridized carbons (Fsp3) is 0.695. The Bertz CT molecular complexity index is 2950. The predicted molar refractivity (Wildman–Crippen MR) is 391 cm³/mol. The SMILES string of the molecule is C[C@@H](O)[C@H](N)C(=O)NCC(=O)N[C@@H](CCCN=C(N)N)C(=O)N[C@@H](CCCCN)C(=O)N[C@@H](CCCCN)C(=O)N[C@@H](CCCN=C(N)N)C(=O)N[C@@H](CCCN=C(N)N)C(=O)N[C@@H](CCC(N)=O)C(=O)N[C@@H](CCCN=C(N)N)C(=O)N[C@@H](CCCN=C(N)N)C(=O)N[C@@H](CCCN=C(N)N)C(=O)O. The average molecular weight is 1500 g/mol. The van der Waals surface area contributed by atoms with Gasteiger partial charge in [0.25, 0.3) is 0 Å². The van der Waals surface area contributed by atoms with Crippen molar-refractivity contribution in [2.75, 3.05) is 58.9 Å². The number of nitrogens with one attached hydrogen (secondary N) is 10. The number of nitrogens with zero attached hydrogens (tertiary/aromatic N) is 6. The van der Waals surface area contributed by atoms with E-state index in [1.807, 2.05) is 0 Å². The molecule has 0 heterocycles. The van der Waals surface area contributed by atoms with Crippen LogP contribution in [0, 0.1) is 0 Å². The molecular weight excluding hydrogens is 1380 g/mol. The normalized spacial score (nSPS) is 13.9. The third-order valence-electron chi connectivity index (χ3n) is 15.2. The molecule has 0 unspecified atom stereocenters. The van der Waals surface area contributed by atoms with Gasteiger partial charge in [-0.3, -0.25) is 82.7 Å². The zero-order chi connectivity index (χ0) is 79.6. The summed E-state index contributed by atoms with van der Waals surface area (Å²) in [4.78, 5) is 189. The molecule has 0 radical (unpaired) electrons. The van der Waals surface area contributed by atoms with Crippen molar-refractivity contribution in [2.45, 2.75) is 202 Å². The zero-order valence-corrected chi connectivity index (χ0v) is 59.6. The number of aliphatic imine (C=N–C) groups is 6. The molecule has 0 aromatic heterocycles. The Hall–Kier alpha value is -10.9. The van der Waals surface area contributed by atoms with Gasteiger partial charge in [-0.1, -0.05) is 0 Å². The molecule has 105 heavy (non-hydrogen) atoms. The Labute approximate surface area is 608 Å². The summed E-state index contributed by atoms with van der Waals surface area (Å²) in [6, 6.07) is -15.1. The molecule has 0 aliphatic rings. The van der Waals surface area contributed by atoms with Crippen molar-refractivity contribution in [1.29, 1.82) is 0 Å². The van der Waals surface area contributed by atoms with Gasteiger partial charge in [0.2, 0.25) is 65.0 Å². The second kappa shape index (κ2) is 53.8. The van der Waals surface area contributed by atoms with Crippen LogP contribution in [0.25, 0.3) is 0 Å². The number of primary amides is 1. The first-order chi connectivity index (χ1) is 49.5. The third kappa shape index (κ3) is 45.0. The molecular formula is C59H116N32O14. The Morgan fingerprint density at radius 2 is 0.533 bits per heavy atom. The highest BCUT2D eigenvalue weighted by Crippen LogP contribution is 2.13. The molecule has 596 valence electrons. The summed E-state index contributed by atoms with van der Waals surface area (Å²) in [7, 11) is 0. The first kappa shape index (κ1) is 94.1. The number of aliphatic hydroxyl groups excluding tert-OH is 1. The van der Waals surface area contributed by atoms with Crippen molar-refractivity contribution in [1.82, 2.24) is 53.2 Å². The number of unbranched alkanes of at least 4 members (excludes halogenated alkanes) is 2. The minimum absolute atomic E-state index is 0.00227. The Morgan fingerprint density at radius 1 is 0.314 bits per heavy atom. The summed E-state index contributed by atoms with van der Waals surface area (Å²) in [5.74, 6) is -13.7. The largest absolute Gasteiger partial charge is 0.480 e. The number of carboxylic acid groups (broad SMARTS) is 1. The molecule has 0 fully saturated rings. The Balaban J connectivity index is 7.66. The first-order valence-electron chi connectivity index (χ1n) is 34.2. The number of aliphatic hydroxyl groups is 1. The van der Waals surface area contributed by atoms with Crippen LogP contribution in [0.5, 0.6) is 0 Å². The van der Waals surface area contributed by atoms with E-state index in [0.717, 1.165) is 0 Å². The minimum Gasteiger partial charge on any atom is -0.480 e. The molecule has 0 spiro atoms. The Morgan fingerprint density at radius 3 is 0.752 bits per heavy atom. The number of amides is 11. The lowest BCUT2D eigenvalue weighted by molar-refractivity contribution is -0.142. The van der Waals surface area contributed by atoms with Crippen molar-refractivity contribution in [3.05, 3.63) is 0 Å². The van der Waals surface area contributed by atoms with Crippen LogP contribution in [0.2, 0.25) is 0 Å². The van der Waals surface area contributed by atoms with Gasteiger partial charge < -0.3 is 155 Å². The van der Waals surface area contributed by atoms with Gasteiger partial charge in [-0.2, -0.15) is 0 Å². The molecule has 0 aromatic carbocycles. The number of carbonyl (C=O) groups is 12. The summed E-state index contributed by atoms with van der Waals surface area (Å²) in [6.45, 7) is 0.653. The number of rotatable bonds is 57. The molecule has 11 amide bonds. The molecule has 0 bridgehead atoms. The number of carbonyl (C=O) groups excluding carboxylic acids is 11.